The van der Waals surface area contributed by atoms with Crippen molar-refractivity contribution in [1.82, 2.24) is 0 Å². The van der Waals surface area contributed by atoms with Gasteiger partial charge in [0.2, 0.25) is 0 Å². The van der Waals surface area contributed by atoms with E-state index in [1.165, 1.54) is 0 Å². The first-order valence-corrected chi connectivity index (χ1v) is 4.92. The van der Waals surface area contributed by atoms with Crippen LogP contribution in [-0.2, 0) is 14.1 Å². The van der Waals surface area contributed by atoms with Crippen molar-refractivity contribution in [3.8, 4) is 0 Å². The highest BCUT2D eigenvalue weighted by Gasteiger charge is 2.36. The molecule has 13 heavy (non-hydrogen) atoms. The van der Waals surface area contributed by atoms with E-state index in [0.29, 0.717) is 19.6 Å². The highest BCUT2D eigenvalue weighted by Crippen LogP contribution is 2.25. The van der Waals surface area contributed by atoms with Gasteiger partial charge in [0, 0.05) is 18.2 Å². The highest BCUT2D eigenvalue weighted by atomic mass is 16.6. The lowest BCUT2D eigenvalue weighted by atomic mass is 9.65. The topological polar surface area (TPSA) is 35.5 Å². The van der Waals surface area contributed by atoms with Gasteiger partial charge >= 0.3 is 7.12 Å². The van der Waals surface area contributed by atoms with Crippen LogP contribution in [0.2, 0.25) is 5.82 Å². The summed E-state index contributed by atoms with van der Waals surface area (Å²) in [4.78, 5) is 11.4. The molecule has 0 N–H and O–H groups in total. The van der Waals surface area contributed by atoms with E-state index in [9.17, 15) is 4.79 Å². The second kappa shape index (κ2) is 4.77. The average Bonchev–Trinajstić information content (AvgIpc) is 2.67. The van der Waals surface area contributed by atoms with E-state index in [4.69, 9.17) is 9.31 Å². The maximum absolute atomic E-state index is 11.4. The van der Waals surface area contributed by atoms with Crippen molar-refractivity contribution in [3.63, 3.8) is 0 Å². The van der Waals surface area contributed by atoms with E-state index in [0.717, 1.165) is 0 Å². The van der Waals surface area contributed by atoms with Gasteiger partial charge < -0.3 is 9.31 Å². The number of hydrogen-bond acceptors (Lipinski definition) is 3. The third kappa shape index (κ3) is 2.55. The molecule has 1 aliphatic heterocycles. The van der Waals surface area contributed by atoms with Crippen molar-refractivity contribution >= 4 is 12.9 Å². The molecule has 0 aromatic rings. The van der Waals surface area contributed by atoms with Gasteiger partial charge in [-0.25, -0.2) is 0 Å². The largest absolute Gasteiger partial charge is 0.460 e. The number of carbonyl (C=O) groups is 1. The Hall–Kier alpha value is -0.345. The van der Waals surface area contributed by atoms with Crippen LogP contribution in [0, 0.1) is 5.92 Å². The van der Waals surface area contributed by atoms with Gasteiger partial charge in [-0.1, -0.05) is 20.8 Å². The highest BCUT2D eigenvalue weighted by molar-refractivity contribution is 6.47. The molecule has 2 atom stereocenters. The summed E-state index contributed by atoms with van der Waals surface area (Å²) in [6.45, 7) is 7.15. The number of ketones is 1. The summed E-state index contributed by atoms with van der Waals surface area (Å²) in [5.74, 6) is 0.481. The lowest BCUT2D eigenvalue weighted by Gasteiger charge is -2.19. The summed E-state index contributed by atoms with van der Waals surface area (Å²) in [7, 11) is -0.175. The van der Waals surface area contributed by atoms with Crippen LogP contribution in [0.1, 0.15) is 27.2 Å². The lowest BCUT2D eigenvalue weighted by molar-refractivity contribution is -0.122. The third-order valence-electron chi connectivity index (χ3n) is 2.72. The SMILES string of the molecule is CCC(=O)[C@H](C)[C@H](C)B1OCCO1. The van der Waals surface area contributed by atoms with Gasteiger partial charge in [0.05, 0.1) is 13.2 Å². The van der Waals surface area contributed by atoms with Crippen molar-refractivity contribution < 1.29 is 14.1 Å². The van der Waals surface area contributed by atoms with E-state index in [1.54, 1.807) is 0 Å². The van der Waals surface area contributed by atoms with Gasteiger partial charge in [-0.05, 0) is 0 Å². The van der Waals surface area contributed by atoms with Gasteiger partial charge in [-0.2, -0.15) is 0 Å². The molecule has 0 saturated carbocycles. The minimum Gasteiger partial charge on any atom is -0.409 e. The Bertz CT molecular complexity index is 178. The number of rotatable bonds is 4. The molecule has 0 amide bonds. The van der Waals surface area contributed by atoms with Crippen LogP contribution in [0.5, 0.6) is 0 Å². The Morgan fingerprint density at radius 1 is 1.38 bits per heavy atom. The van der Waals surface area contributed by atoms with Crippen molar-refractivity contribution in [2.75, 3.05) is 13.2 Å². The molecule has 74 valence electrons. The van der Waals surface area contributed by atoms with Crippen molar-refractivity contribution in [2.45, 2.75) is 33.0 Å². The first-order chi connectivity index (χ1) is 6.16. The van der Waals surface area contributed by atoms with Gasteiger partial charge in [0.15, 0.2) is 0 Å². The normalized spacial score (nSPS) is 21.6. The summed E-state index contributed by atoms with van der Waals surface area (Å²) >= 11 is 0. The van der Waals surface area contributed by atoms with Crippen LogP contribution >= 0.6 is 0 Å². The summed E-state index contributed by atoms with van der Waals surface area (Å²) in [6, 6.07) is 0. The molecule has 4 heteroatoms. The molecule has 3 nitrogen and oxygen atoms in total. The second-order valence-corrected chi connectivity index (χ2v) is 3.58. The maximum atomic E-state index is 11.4. The molecule has 0 unspecified atom stereocenters. The fraction of sp³-hybridized carbons (Fsp3) is 0.889. The number of hydrogen-bond donors (Lipinski definition) is 0. The minimum atomic E-state index is -0.175. The zero-order chi connectivity index (χ0) is 9.84. The standard InChI is InChI=1S/C9H17BO3/c1-4-9(11)7(2)8(3)10-12-5-6-13-10/h7-8H,4-6H2,1-3H3/t7-,8+/m1/s1. The average molecular weight is 184 g/mol. The second-order valence-electron chi connectivity index (χ2n) is 3.58. The van der Waals surface area contributed by atoms with Crippen LogP contribution in [-0.4, -0.2) is 26.1 Å². The van der Waals surface area contributed by atoms with Crippen LogP contribution in [0.25, 0.3) is 0 Å². The van der Waals surface area contributed by atoms with Crippen molar-refractivity contribution in [3.05, 3.63) is 0 Å². The quantitative estimate of drug-likeness (QED) is 0.621. The third-order valence-corrected chi connectivity index (χ3v) is 2.72. The van der Waals surface area contributed by atoms with E-state index >= 15 is 0 Å². The Morgan fingerprint density at radius 2 is 1.92 bits per heavy atom. The predicted molar refractivity (Wildman–Crippen MR) is 51.5 cm³/mol. The molecular formula is C9H17BO3. The molecule has 0 spiro atoms. The lowest BCUT2D eigenvalue weighted by Crippen LogP contribution is -2.29. The smallest absolute Gasteiger partial charge is 0.409 e. The van der Waals surface area contributed by atoms with E-state index in [2.05, 4.69) is 0 Å². The summed E-state index contributed by atoms with van der Waals surface area (Å²) in [6.07, 6.45) is 0.595. The van der Waals surface area contributed by atoms with Crippen LogP contribution in [0.3, 0.4) is 0 Å². The van der Waals surface area contributed by atoms with Gasteiger partial charge in [0.1, 0.15) is 5.78 Å². The van der Waals surface area contributed by atoms with Crippen molar-refractivity contribution in [1.29, 1.82) is 0 Å². The molecule has 0 aromatic heterocycles. The summed E-state index contributed by atoms with van der Waals surface area (Å²) in [5.41, 5.74) is 0. The molecule has 0 bridgehead atoms. The van der Waals surface area contributed by atoms with E-state index in [-0.39, 0.29) is 24.6 Å². The Morgan fingerprint density at radius 3 is 2.38 bits per heavy atom. The zero-order valence-corrected chi connectivity index (χ0v) is 8.58. The van der Waals surface area contributed by atoms with E-state index in [1.807, 2.05) is 20.8 Å². The molecule has 0 aromatic carbocycles. The summed E-state index contributed by atoms with van der Waals surface area (Å²) in [5, 5.41) is 0. The number of carbonyl (C=O) groups excluding carboxylic acids is 1. The van der Waals surface area contributed by atoms with Gasteiger partial charge in [-0.15, -0.1) is 0 Å². The first-order valence-electron chi connectivity index (χ1n) is 4.92. The first kappa shape index (κ1) is 10.7. The monoisotopic (exact) mass is 184 g/mol. The molecule has 1 saturated heterocycles. The number of Topliss-reactive ketones (excluding diaryl/α,β-unsaturated/α-hetero) is 1. The minimum absolute atomic E-state index is 0.0353. The molecule has 0 radical (unpaired) electrons. The molecule has 1 rings (SSSR count). The molecule has 1 fully saturated rings. The molecule has 0 aliphatic carbocycles. The fourth-order valence-electron chi connectivity index (χ4n) is 1.53. The Balaban J connectivity index is 2.45. The van der Waals surface area contributed by atoms with Gasteiger partial charge in [-0.3, -0.25) is 4.79 Å². The molecule has 1 heterocycles. The Labute approximate surface area is 79.9 Å². The maximum Gasteiger partial charge on any atom is 0.460 e. The molecular weight excluding hydrogens is 167 g/mol. The van der Waals surface area contributed by atoms with Gasteiger partial charge in [0.25, 0.3) is 0 Å². The predicted octanol–water partition coefficient (Wildman–Crippen LogP) is 1.53. The fourth-order valence-corrected chi connectivity index (χ4v) is 1.53. The van der Waals surface area contributed by atoms with Crippen LogP contribution in [0.4, 0.5) is 0 Å². The Kier molecular flexibility index (Phi) is 3.94. The van der Waals surface area contributed by atoms with E-state index < -0.39 is 0 Å². The van der Waals surface area contributed by atoms with Crippen LogP contribution in [0.15, 0.2) is 0 Å². The van der Waals surface area contributed by atoms with Crippen molar-refractivity contribution in [2.24, 2.45) is 5.92 Å². The van der Waals surface area contributed by atoms with Crippen LogP contribution < -0.4 is 0 Å². The molecule has 1 aliphatic rings. The zero-order valence-electron chi connectivity index (χ0n) is 8.58. The summed E-state index contributed by atoms with van der Waals surface area (Å²) < 4.78 is 10.7.